The van der Waals surface area contributed by atoms with Gasteiger partial charge in [-0.05, 0) is 32.0 Å². The summed E-state index contributed by atoms with van der Waals surface area (Å²) in [6.45, 7) is 18.2. The van der Waals surface area contributed by atoms with E-state index in [1.165, 1.54) is 12.2 Å². The van der Waals surface area contributed by atoms with Gasteiger partial charge in [-0.1, -0.05) is 46.3 Å². The van der Waals surface area contributed by atoms with Crippen LogP contribution in [0.1, 0.15) is 54.9 Å². The average Bonchev–Trinajstić information content (AvgIpc) is 2.55. The Morgan fingerprint density at radius 2 is 1.68 bits per heavy atom. The van der Waals surface area contributed by atoms with Crippen molar-refractivity contribution in [1.82, 2.24) is 5.06 Å². The zero-order chi connectivity index (χ0) is 22.4. The van der Waals surface area contributed by atoms with Gasteiger partial charge in [-0.25, -0.2) is 5.06 Å². The molecule has 5 atom stereocenters. The standard InChI is InChI=1S/C21H43NO5Si/c1-14(2)12-17(23)13-18(24)15(3)19(16(4)20(25)22(8)26-9)27-28(10,11)21(5,6)7/h12,15-19,23-24H,13H2,1-11H3/t15-,16+,17+,18-,19-/m0/s1. The molecule has 0 spiro atoms. The van der Waals surface area contributed by atoms with Crippen LogP contribution < -0.4 is 0 Å². The molecule has 0 heterocycles. The molecule has 0 fully saturated rings. The Hall–Kier alpha value is -0.733. The fraction of sp³-hybridized carbons (Fsp3) is 0.857. The second kappa shape index (κ2) is 10.9. The van der Waals surface area contributed by atoms with Crippen LogP contribution in [0.3, 0.4) is 0 Å². The summed E-state index contributed by atoms with van der Waals surface area (Å²) in [5.74, 6) is -1.03. The SMILES string of the molecule is CON(C)C(=O)[C@H](C)[C@@H](O[Si](C)(C)C(C)(C)C)[C@@H](C)[C@@H](O)C[C@H](O)C=C(C)C. The van der Waals surface area contributed by atoms with E-state index in [0.717, 1.165) is 5.57 Å². The summed E-state index contributed by atoms with van der Waals surface area (Å²) in [6, 6.07) is 0. The lowest BCUT2D eigenvalue weighted by atomic mass is 9.86. The minimum Gasteiger partial charge on any atom is -0.413 e. The average molecular weight is 418 g/mol. The molecule has 166 valence electrons. The molecule has 7 heteroatoms. The second-order valence-corrected chi connectivity index (χ2v) is 14.4. The Labute approximate surface area is 173 Å². The molecule has 0 aliphatic rings. The largest absolute Gasteiger partial charge is 0.413 e. The molecule has 0 saturated heterocycles. The first-order chi connectivity index (χ1) is 12.5. The number of aliphatic hydroxyl groups excluding tert-OH is 2. The lowest BCUT2D eigenvalue weighted by molar-refractivity contribution is -0.177. The Kier molecular flexibility index (Phi) is 10.6. The third kappa shape index (κ3) is 7.95. The highest BCUT2D eigenvalue weighted by atomic mass is 28.4. The molecule has 28 heavy (non-hydrogen) atoms. The highest BCUT2D eigenvalue weighted by Crippen LogP contribution is 2.40. The number of aliphatic hydroxyl groups is 2. The van der Waals surface area contributed by atoms with Crippen LogP contribution in [0, 0.1) is 11.8 Å². The van der Waals surface area contributed by atoms with Crippen molar-refractivity contribution < 1.29 is 24.3 Å². The lowest BCUT2D eigenvalue weighted by Crippen LogP contribution is -2.52. The first-order valence-electron chi connectivity index (χ1n) is 10.1. The third-order valence-corrected chi connectivity index (χ3v) is 10.3. The lowest BCUT2D eigenvalue weighted by Gasteiger charge is -2.43. The van der Waals surface area contributed by atoms with E-state index in [1.807, 2.05) is 27.7 Å². The maximum absolute atomic E-state index is 12.7. The third-order valence-electron chi connectivity index (χ3n) is 5.84. The van der Waals surface area contributed by atoms with Crippen LogP contribution in [0.5, 0.6) is 0 Å². The number of carbonyl (C=O) groups is 1. The van der Waals surface area contributed by atoms with Crippen LogP contribution in [-0.4, -0.2) is 62.0 Å². The van der Waals surface area contributed by atoms with Crippen molar-refractivity contribution in [2.75, 3.05) is 14.2 Å². The molecular formula is C21H43NO5Si. The predicted molar refractivity (Wildman–Crippen MR) is 116 cm³/mol. The molecule has 0 unspecified atom stereocenters. The van der Waals surface area contributed by atoms with Gasteiger partial charge >= 0.3 is 0 Å². The van der Waals surface area contributed by atoms with E-state index in [2.05, 4.69) is 33.9 Å². The Bertz CT molecular complexity index is 525. The molecule has 0 aromatic rings. The molecule has 6 nitrogen and oxygen atoms in total. The topological polar surface area (TPSA) is 79.2 Å². The molecule has 0 saturated carbocycles. The first kappa shape index (κ1) is 27.3. The van der Waals surface area contributed by atoms with Crippen LogP contribution in [0.25, 0.3) is 0 Å². The molecular weight excluding hydrogens is 374 g/mol. The number of carbonyl (C=O) groups excluding carboxylic acids is 1. The summed E-state index contributed by atoms with van der Waals surface area (Å²) in [5, 5.41) is 22.1. The number of allylic oxidation sites excluding steroid dienone is 1. The number of hydrogen-bond acceptors (Lipinski definition) is 5. The summed E-state index contributed by atoms with van der Waals surface area (Å²) in [4.78, 5) is 17.8. The summed E-state index contributed by atoms with van der Waals surface area (Å²) in [5.41, 5.74) is 0.992. The maximum Gasteiger partial charge on any atom is 0.251 e. The van der Waals surface area contributed by atoms with Crippen LogP contribution in [0.2, 0.25) is 18.1 Å². The fourth-order valence-corrected chi connectivity index (χ4v) is 4.29. The van der Waals surface area contributed by atoms with Crippen molar-refractivity contribution in [3.05, 3.63) is 11.6 Å². The molecule has 0 aliphatic carbocycles. The Morgan fingerprint density at radius 3 is 2.07 bits per heavy atom. The minimum absolute atomic E-state index is 0.0343. The molecule has 0 aromatic carbocycles. The molecule has 0 radical (unpaired) electrons. The number of rotatable bonds is 10. The van der Waals surface area contributed by atoms with E-state index < -0.39 is 32.5 Å². The zero-order valence-corrected chi connectivity index (χ0v) is 20.7. The van der Waals surface area contributed by atoms with E-state index in [9.17, 15) is 15.0 Å². The van der Waals surface area contributed by atoms with Gasteiger partial charge in [0, 0.05) is 19.4 Å². The van der Waals surface area contributed by atoms with E-state index in [-0.39, 0.29) is 23.3 Å². The van der Waals surface area contributed by atoms with Crippen molar-refractivity contribution in [2.45, 2.75) is 91.3 Å². The van der Waals surface area contributed by atoms with Crippen LogP contribution >= 0.6 is 0 Å². The molecule has 2 N–H and O–H groups in total. The number of amides is 1. The van der Waals surface area contributed by atoms with Gasteiger partial charge in [-0.3, -0.25) is 9.63 Å². The van der Waals surface area contributed by atoms with Crippen molar-refractivity contribution in [3.63, 3.8) is 0 Å². The number of hydrogen-bond donors (Lipinski definition) is 2. The smallest absolute Gasteiger partial charge is 0.251 e. The van der Waals surface area contributed by atoms with E-state index in [1.54, 1.807) is 13.1 Å². The summed E-state index contributed by atoms with van der Waals surface area (Å²) in [7, 11) is 0.825. The van der Waals surface area contributed by atoms with Gasteiger partial charge < -0.3 is 14.6 Å². The van der Waals surface area contributed by atoms with Gasteiger partial charge in [0.2, 0.25) is 0 Å². The Balaban J connectivity index is 5.69. The number of hydroxylamine groups is 2. The van der Waals surface area contributed by atoms with Crippen molar-refractivity contribution in [2.24, 2.45) is 11.8 Å². The molecule has 0 aromatic heterocycles. The molecule has 0 aliphatic heterocycles. The van der Waals surface area contributed by atoms with Gasteiger partial charge in [0.1, 0.15) is 0 Å². The zero-order valence-electron chi connectivity index (χ0n) is 19.7. The quantitative estimate of drug-likeness (QED) is 0.321. The highest BCUT2D eigenvalue weighted by Gasteiger charge is 2.44. The molecule has 0 rings (SSSR count). The van der Waals surface area contributed by atoms with E-state index in [4.69, 9.17) is 9.26 Å². The van der Waals surface area contributed by atoms with Crippen LogP contribution in [-0.2, 0) is 14.1 Å². The first-order valence-corrected chi connectivity index (χ1v) is 13.0. The van der Waals surface area contributed by atoms with E-state index >= 15 is 0 Å². The van der Waals surface area contributed by atoms with Gasteiger partial charge in [-0.15, -0.1) is 0 Å². The molecule has 1 amide bonds. The van der Waals surface area contributed by atoms with Crippen molar-refractivity contribution >= 4 is 14.2 Å². The van der Waals surface area contributed by atoms with Crippen LogP contribution in [0.15, 0.2) is 11.6 Å². The summed E-state index contributed by atoms with van der Waals surface area (Å²) in [6.07, 6.45) is -0.0931. The summed E-state index contributed by atoms with van der Waals surface area (Å²) >= 11 is 0. The van der Waals surface area contributed by atoms with Gasteiger partial charge in [-0.2, -0.15) is 0 Å². The van der Waals surface area contributed by atoms with E-state index in [0.29, 0.717) is 0 Å². The second-order valence-electron chi connectivity index (χ2n) is 9.62. The predicted octanol–water partition coefficient (Wildman–Crippen LogP) is 3.75. The van der Waals surface area contributed by atoms with Crippen molar-refractivity contribution in [3.8, 4) is 0 Å². The summed E-state index contributed by atoms with van der Waals surface area (Å²) < 4.78 is 6.60. The van der Waals surface area contributed by atoms with Gasteiger partial charge in [0.25, 0.3) is 5.91 Å². The normalized spacial score (nSPS) is 18.0. The van der Waals surface area contributed by atoms with Gasteiger partial charge in [0.05, 0.1) is 31.3 Å². The van der Waals surface area contributed by atoms with Crippen molar-refractivity contribution in [1.29, 1.82) is 0 Å². The minimum atomic E-state index is -2.19. The maximum atomic E-state index is 12.7. The number of nitrogens with zero attached hydrogens (tertiary/aromatic N) is 1. The Morgan fingerprint density at radius 1 is 1.18 bits per heavy atom. The molecule has 0 bridgehead atoms. The fourth-order valence-electron chi connectivity index (χ4n) is 2.83. The van der Waals surface area contributed by atoms with Gasteiger partial charge in [0.15, 0.2) is 8.32 Å². The van der Waals surface area contributed by atoms with Crippen LogP contribution in [0.4, 0.5) is 0 Å². The highest BCUT2D eigenvalue weighted by molar-refractivity contribution is 6.74. The monoisotopic (exact) mass is 417 g/mol.